The van der Waals surface area contributed by atoms with Crippen LogP contribution in [0.5, 0.6) is 5.75 Å². The summed E-state index contributed by atoms with van der Waals surface area (Å²) >= 11 is 6.94. The van der Waals surface area contributed by atoms with Crippen molar-refractivity contribution in [2.45, 2.75) is 20.1 Å². The second-order valence-corrected chi connectivity index (χ2v) is 6.16. The molecular weight excluding hydrogens is 389 g/mol. The molecule has 0 saturated carbocycles. The smallest absolute Gasteiger partial charge is 0.148 e. The summed E-state index contributed by atoms with van der Waals surface area (Å²) < 4.78 is 20.6. The Bertz CT molecular complexity index is 608. The van der Waals surface area contributed by atoms with Crippen molar-refractivity contribution in [1.82, 2.24) is 0 Å². The van der Waals surface area contributed by atoms with Gasteiger partial charge in [-0.3, -0.25) is 0 Å². The van der Waals surface area contributed by atoms with Gasteiger partial charge in [0.1, 0.15) is 18.2 Å². The Morgan fingerprint density at radius 1 is 1.15 bits per heavy atom. The number of aryl methyl sites for hydroxylation is 1. The third kappa shape index (κ3) is 3.59. The molecule has 0 aliphatic rings. The number of ether oxygens (including phenoxy) is 1. The summed E-state index contributed by atoms with van der Waals surface area (Å²) in [4.78, 5) is 0. The predicted molar refractivity (Wildman–Crippen MR) is 85.2 cm³/mol. The molecule has 0 fully saturated rings. The first-order valence-electron chi connectivity index (χ1n) is 6.07. The Kier molecular flexibility index (Phi) is 5.18. The molecule has 0 atom stereocenters. The average molecular weight is 403 g/mol. The van der Waals surface area contributed by atoms with Crippen LogP contribution in [0.4, 0.5) is 4.39 Å². The Morgan fingerprint density at radius 2 is 1.80 bits per heavy atom. The number of hydrogen-bond donors (Lipinski definition) is 1. The lowest BCUT2D eigenvalue weighted by Gasteiger charge is -2.13. The highest BCUT2D eigenvalue weighted by atomic mass is 79.9. The Labute approximate surface area is 134 Å². The van der Waals surface area contributed by atoms with E-state index in [9.17, 15) is 4.39 Å². The second-order valence-electron chi connectivity index (χ2n) is 4.45. The number of nitrogens with two attached hydrogens (primary N) is 1. The predicted octanol–water partition coefficient (Wildman–Crippen LogP) is 4.70. The van der Waals surface area contributed by atoms with Crippen LogP contribution in [0.15, 0.2) is 39.3 Å². The summed E-state index contributed by atoms with van der Waals surface area (Å²) in [6.07, 6.45) is 0. The van der Waals surface area contributed by atoms with Gasteiger partial charge in [0, 0.05) is 6.54 Å². The van der Waals surface area contributed by atoms with Gasteiger partial charge in [-0.1, -0.05) is 6.07 Å². The molecule has 0 amide bonds. The third-order valence-electron chi connectivity index (χ3n) is 2.97. The molecule has 0 radical (unpaired) electrons. The number of benzene rings is 2. The lowest BCUT2D eigenvalue weighted by molar-refractivity contribution is 0.301. The summed E-state index contributed by atoms with van der Waals surface area (Å²) in [5.41, 5.74) is 8.45. The van der Waals surface area contributed by atoms with Gasteiger partial charge in [-0.2, -0.15) is 0 Å². The molecular formula is C15H14Br2FNO. The lowest BCUT2D eigenvalue weighted by atomic mass is 10.1. The number of hydrogen-bond acceptors (Lipinski definition) is 2. The molecule has 2 nitrogen and oxygen atoms in total. The minimum absolute atomic E-state index is 0.235. The van der Waals surface area contributed by atoms with Crippen molar-refractivity contribution in [3.63, 3.8) is 0 Å². The molecule has 2 aromatic carbocycles. The van der Waals surface area contributed by atoms with Crippen LogP contribution in [-0.2, 0) is 13.2 Å². The molecule has 2 aromatic rings. The van der Waals surface area contributed by atoms with Gasteiger partial charge < -0.3 is 10.5 Å². The van der Waals surface area contributed by atoms with Crippen molar-refractivity contribution < 1.29 is 9.13 Å². The van der Waals surface area contributed by atoms with Crippen molar-refractivity contribution in [1.29, 1.82) is 0 Å². The number of halogens is 3. The monoisotopic (exact) mass is 401 g/mol. The van der Waals surface area contributed by atoms with Gasteiger partial charge >= 0.3 is 0 Å². The zero-order valence-corrected chi connectivity index (χ0v) is 14.1. The average Bonchev–Trinajstić information content (AvgIpc) is 2.39. The standard InChI is InChI=1S/C15H14Br2FNO/c1-9-4-12(18)3-2-11(9)8-20-15-13(16)5-10(7-19)6-14(15)17/h2-6H,7-8,19H2,1H3. The summed E-state index contributed by atoms with van der Waals surface area (Å²) in [7, 11) is 0. The van der Waals surface area contributed by atoms with Gasteiger partial charge in [-0.05, 0) is 79.7 Å². The van der Waals surface area contributed by atoms with Gasteiger partial charge in [-0.25, -0.2) is 4.39 Å². The maximum Gasteiger partial charge on any atom is 0.148 e. The molecule has 0 bridgehead atoms. The first-order valence-corrected chi connectivity index (χ1v) is 7.65. The second kappa shape index (κ2) is 6.70. The fourth-order valence-corrected chi connectivity index (χ4v) is 3.35. The first-order chi connectivity index (χ1) is 9.51. The molecule has 2 N–H and O–H groups in total. The first kappa shape index (κ1) is 15.5. The van der Waals surface area contributed by atoms with Crippen LogP contribution in [0.25, 0.3) is 0 Å². The Morgan fingerprint density at radius 3 is 2.35 bits per heavy atom. The van der Waals surface area contributed by atoms with Gasteiger partial charge in [0.2, 0.25) is 0 Å². The highest BCUT2D eigenvalue weighted by molar-refractivity contribution is 9.11. The van der Waals surface area contributed by atoms with E-state index in [4.69, 9.17) is 10.5 Å². The van der Waals surface area contributed by atoms with Crippen molar-refractivity contribution in [2.24, 2.45) is 5.73 Å². The Balaban J connectivity index is 2.19. The van der Waals surface area contributed by atoms with Crippen molar-refractivity contribution in [3.05, 3.63) is 61.8 Å². The maximum atomic E-state index is 13.1. The molecule has 0 saturated heterocycles. The van der Waals surface area contributed by atoms with Crippen LogP contribution in [0.3, 0.4) is 0 Å². The van der Waals surface area contributed by atoms with E-state index in [-0.39, 0.29) is 5.82 Å². The summed E-state index contributed by atoms with van der Waals surface area (Å²) in [5, 5.41) is 0. The zero-order chi connectivity index (χ0) is 14.7. The number of rotatable bonds is 4. The van der Waals surface area contributed by atoms with Crippen LogP contribution in [-0.4, -0.2) is 0 Å². The molecule has 0 aromatic heterocycles. The summed E-state index contributed by atoms with van der Waals surface area (Å²) in [6.45, 7) is 2.71. The van der Waals surface area contributed by atoms with Crippen LogP contribution < -0.4 is 10.5 Å². The third-order valence-corrected chi connectivity index (χ3v) is 4.15. The highest BCUT2D eigenvalue weighted by Crippen LogP contribution is 2.35. The molecule has 5 heteroatoms. The van der Waals surface area contributed by atoms with Crippen molar-refractivity contribution >= 4 is 31.9 Å². The maximum absolute atomic E-state index is 13.1. The molecule has 0 aliphatic carbocycles. The molecule has 0 unspecified atom stereocenters. The van der Waals surface area contributed by atoms with Crippen LogP contribution in [0, 0.1) is 12.7 Å². The minimum Gasteiger partial charge on any atom is -0.487 e. The van der Waals surface area contributed by atoms with E-state index in [0.29, 0.717) is 18.9 Å². The molecule has 0 heterocycles. The van der Waals surface area contributed by atoms with Gasteiger partial charge in [0.05, 0.1) is 8.95 Å². The lowest BCUT2D eigenvalue weighted by Crippen LogP contribution is -2.01. The van der Waals surface area contributed by atoms with Crippen LogP contribution >= 0.6 is 31.9 Å². The van der Waals surface area contributed by atoms with E-state index in [1.54, 1.807) is 6.07 Å². The fraction of sp³-hybridized carbons (Fsp3) is 0.200. The molecule has 106 valence electrons. The van der Waals surface area contributed by atoms with E-state index < -0.39 is 0 Å². The molecule has 0 aliphatic heterocycles. The quantitative estimate of drug-likeness (QED) is 0.804. The fourth-order valence-electron chi connectivity index (χ4n) is 1.84. The minimum atomic E-state index is -0.235. The molecule has 0 spiro atoms. The van der Waals surface area contributed by atoms with Gasteiger partial charge in [-0.15, -0.1) is 0 Å². The highest BCUT2D eigenvalue weighted by Gasteiger charge is 2.10. The van der Waals surface area contributed by atoms with E-state index in [1.165, 1.54) is 12.1 Å². The Hall–Kier alpha value is -0.910. The van der Waals surface area contributed by atoms with Crippen LogP contribution in [0.2, 0.25) is 0 Å². The molecule has 20 heavy (non-hydrogen) atoms. The van der Waals surface area contributed by atoms with E-state index >= 15 is 0 Å². The van der Waals surface area contributed by atoms with Crippen molar-refractivity contribution in [2.75, 3.05) is 0 Å². The topological polar surface area (TPSA) is 35.2 Å². The summed E-state index contributed by atoms with van der Waals surface area (Å²) in [6, 6.07) is 8.53. The van der Waals surface area contributed by atoms with E-state index in [1.807, 2.05) is 19.1 Å². The normalized spacial score (nSPS) is 10.7. The summed E-state index contributed by atoms with van der Waals surface area (Å²) in [5.74, 6) is 0.479. The van der Waals surface area contributed by atoms with Crippen molar-refractivity contribution in [3.8, 4) is 5.75 Å². The van der Waals surface area contributed by atoms with Gasteiger partial charge in [0.15, 0.2) is 0 Å². The van der Waals surface area contributed by atoms with E-state index in [0.717, 1.165) is 25.6 Å². The van der Waals surface area contributed by atoms with Crippen LogP contribution in [0.1, 0.15) is 16.7 Å². The molecule has 2 rings (SSSR count). The zero-order valence-electron chi connectivity index (χ0n) is 10.9. The van der Waals surface area contributed by atoms with E-state index in [2.05, 4.69) is 31.9 Å². The largest absolute Gasteiger partial charge is 0.487 e. The van der Waals surface area contributed by atoms with Gasteiger partial charge in [0.25, 0.3) is 0 Å². The SMILES string of the molecule is Cc1cc(F)ccc1COc1c(Br)cc(CN)cc1Br.